The summed E-state index contributed by atoms with van der Waals surface area (Å²) in [6.07, 6.45) is 6.85. The van der Waals surface area contributed by atoms with Crippen molar-refractivity contribution in [3.05, 3.63) is 18.0 Å². The Hall–Kier alpha value is -1.16. The summed E-state index contributed by atoms with van der Waals surface area (Å²) in [6.45, 7) is 3.24. The fourth-order valence-electron chi connectivity index (χ4n) is 1.97. The zero-order valence-corrected chi connectivity index (χ0v) is 9.06. The molecule has 0 saturated carbocycles. The summed E-state index contributed by atoms with van der Waals surface area (Å²) in [5.41, 5.74) is 1.15. The van der Waals surface area contributed by atoms with Gasteiger partial charge >= 0.3 is 0 Å². The lowest BCUT2D eigenvalue weighted by Crippen LogP contribution is -2.33. The number of hydrogen-bond acceptors (Lipinski definition) is 4. The van der Waals surface area contributed by atoms with E-state index in [1.165, 1.54) is 0 Å². The molecule has 0 bridgehead atoms. The molecule has 1 saturated heterocycles. The summed E-state index contributed by atoms with van der Waals surface area (Å²) in [4.78, 5) is 10.8. The highest BCUT2D eigenvalue weighted by Crippen LogP contribution is 2.21. The van der Waals surface area contributed by atoms with E-state index in [4.69, 9.17) is 0 Å². The second-order valence-corrected chi connectivity index (χ2v) is 3.92. The number of hydrogen-bond donors (Lipinski definition) is 1. The normalized spacial score (nSPS) is 20.9. The Morgan fingerprint density at radius 2 is 2.20 bits per heavy atom. The Balaban J connectivity index is 2.14. The van der Waals surface area contributed by atoms with Crippen LogP contribution in [-0.2, 0) is 6.42 Å². The van der Waals surface area contributed by atoms with Gasteiger partial charge in [-0.1, -0.05) is 6.92 Å². The Kier molecular flexibility index (Phi) is 3.16. The van der Waals surface area contributed by atoms with Crippen LogP contribution in [0.4, 0.5) is 5.95 Å². The minimum Gasteiger partial charge on any atom is -0.394 e. The number of aromatic nitrogens is 2. The van der Waals surface area contributed by atoms with Crippen molar-refractivity contribution in [1.82, 2.24) is 9.97 Å². The summed E-state index contributed by atoms with van der Waals surface area (Å²) in [5.74, 6) is 0.753. The second-order valence-electron chi connectivity index (χ2n) is 3.92. The summed E-state index contributed by atoms with van der Waals surface area (Å²) in [5, 5.41) is 9.20. The lowest BCUT2D eigenvalue weighted by atomic mass is 10.2. The molecule has 1 unspecified atom stereocenters. The molecule has 1 aromatic heterocycles. The van der Waals surface area contributed by atoms with E-state index in [-0.39, 0.29) is 12.6 Å². The topological polar surface area (TPSA) is 49.2 Å². The lowest BCUT2D eigenvalue weighted by molar-refractivity contribution is 0.265. The summed E-state index contributed by atoms with van der Waals surface area (Å²) >= 11 is 0. The molecule has 1 aliphatic heterocycles. The number of aliphatic hydroxyl groups excluding tert-OH is 1. The van der Waals surface area contributed by atoms with Gasteiger partial charge in [-0.15, -0.1) is 0 Å². The zero-order chi connectivity index (χ0) is 10.7. The van der Waals surface area contributed by atoms with Gasteiger partial charge in [0.2, 0.25) is 5.95 Å². The number of nitrogens with zero attached hydrogens (tertiary/aromatic N) is 3. The molecule has 0 aliphatic carbocycles. The molecule has 1 fully saturated rings. The molecule has 0 amide bonds. The highest BCUT2D eigenvalue weighted by Gasteiger charge is 2.25. The Morgan fingerprint density at radius 1 is 1.47 bits per heavy atom. The second kappa shape index (κ2) is 4.57. The molecule has 0 radical (unpaired) electrons. The first-order valence-corrected chi connectivity index (χ1v) is 5.53. The van der Waals surface area contributed by atoms with Gasteiger partial charge in [-0.2, -0.15) is 0 Å². The molecule has 0 spiro atoms. The van der Waals surface area contributed by atoms with Crippen molar-refractivity contribution in [2.24, 2.45) is 0 Å². The van der Waals surface area contributed by atoms with E-state index < -0.39 is 0 Å². The Labute approximate surface area is 90.0 Å². The molecule has 15 heavy (non-hydrogen) atoms. The zero-order valence-electron chi connectivity index (χ0n) is 9.06. The summed E-state index contributed by atoms with van der Waals surface area (Å²) in [6, 6.07) is 0.206. The first-order chi connectivity index (χ1) is 7.35. The van der Waals surface area contributed by atoms with Crippen LogP contribution in [0, 0.1) is 0 Å². The van der Waals surface area contributed by atoms with Crippen molar-refractivity contribution in [3.8, 4) is 0 Å². The van der Waals surface area contributed by atoms with E-state index in [1.54, 1.807) is 0 Å². The largest absolute Gasteiger partial charge is 0.394 e. The minimum atomic E-state index is 0.193. The predicted octanol–water partition coefficient (Wildman–Crippen LogP) is 1.00. The number of aryl methyl sites for hydroxylation is 1. The number of aliphatic hydroxyl groups is 1. The quantitative estimate of drug-likeness (QED) is 0.803. The van der Waals surface area contributed by atoms with Crippen LogP contribution in [-0.4, -0.2) is 34.3 Å². The van der Waals surface area contributed by atoms with Crippen molar-refractivity contribution in [3.63, 3.8) is 0 Å². The van der Waals surface area contributed by atoms with Crippen molar-refractivity contribution < 1.29 is 5.11 Å². The highest BCUT2D eigenvalue weighted by molar-refractivity contribution is 5.33. The SMILES string of the molecule is CCc1cnc(N2CCCC2CO)nc1. The molecule has 1 aromatic rings. The molecule has 2 rings (SSSR count). The van der Waals surface area contributed by atoms with Crippen molar-refractivity contribution in [2.45, 2.75) is 32.2 Å². The van der Waals surface area contributed by atoms with Crippen LogP contribution in [0.2, 0.25) is 0 Å². The maximum atomic E-state index is 9.20. The van der Waals surface area contributed by atoms with Gasteiger partial charge in [0.15, 0.2) is 0 Å². The number of anilines is 1. The average molecular weight is 207 g/mol. The van der Waals surface area contributed by atoms with E-state index in [1.807, 2.05) is 12.4 Å². The standard InChI is InChI=1S/C11H17N3O/c1-2-9-6-12-11(13-7-9)14-5-3-4-10(14)8-15/h6-7,10,15H,2-5,8H2,1H3. The van der Waals surface area contributed by atoms with Crippen LogP contribution in [0.1, 0.15) is 25.3 Å². The predicted molar refractivity (Wildman–Crippen MR) is 58.9 cm³/mol. The van der Waals surface area contributed by atoms with Crippen molar-refractivity contribution in [1.29, 1.82) is 0 Å². The molecule has 1 atom stereocenters. The minimum absolute atomic E-state index is 0.193. The van der Waals surface area contributed by atoms with E-state index in [0.29, 0.717) is 0 Å². The van der Waals surface area contributed by atoms with Crippen LogP contribution in [0.5, 0.6) is 0 Å². The maximum absolute atomic E-state index is 9.20. The third-order valence-corrected chi connectivity index (χ3v) is 2.94. The maximum Gasteiger partial charge on any atom is 0.225 e. The molecule has 4 nitrogen and oxygen atoms in total. The molecule has 1 N–H and O–H groups in total. The Bertz CT molecular complexity index is 312. The van der Waals surface area contributed by atoms with Crippen LogP contribution >= 0.6 is 0 Å². The van der Waals surface area contributed by atoms with Crippen molar-refractivity contribution in [2.75, 3.05) is 18.1 Å². The molecule has 82 valence electrons. The summed E-state index contributed by atoms with van der Waals surface area (Å²) in [7, 11) is 0. The molecule has 2 heterocycles. The van der Waals surface area contributed by atoms with Crippen molar-refractivity contribution >= 4 is 5.95 Å². The van der Waals surface area contributed by atoms with E-state index in [9.17, 15) is 5.11 Å². The molecule has 1 aliphatic rings. The van der Waals surface area contributed by atoms with Gasteiger partial charge in [0.05, 0.1) is 12.6 Å². The third kappa shape index (κ3) is 2.09. The monoisotopic (exact) mass is 207 g/mol. The smallest absolute Gasteiger partial charge is 0.225 e. The van der Waals surface area contributed by atoms with Gasteiger partial charge in [-0.05, 0) is 24.8 Å². The molecule has 4 heteroatoms. The first kappa shape index (κ1) is 10.4. The fraction of sp³-hybridized carbons (Fsp3) is 0.636. The number of rotatable bonds is 3. The molecular weight excluding hydrogens is 190 g/mol. The lowest BCUT2D eigenvalue weighted by Gasteiger charge is -2.22. The first-order valence-electron chi connectivity index (χ1n) is 5.53. The highest BCUT2D eigenvalue weighted by atomic mass is 16.3. The van der Waals surface area contributed by atoms with Crippen LogP contribution in [0.15, 0.2) is 12.4 Å². The molecule has 0 aromatic carbocycles. The Morgan fingerprint density at radius 3 is 2.80 bits per heavy atom. The van der Waals surface area contributed by atoms with Gasteiger partial charge in [-0.25, -0.2) is 9.97 Å². The van der Waals surface area contributed by atoms with Gasteiger partial charge in [0.1, 0.15) is 0 Å². The van der Waals surface area contributed by atoms with Gasteiger partial charge < -0.3 is 10.0 Å². The van der Waals surface area contributed by atoms with E-state index in [0.717, 1.165) is 37.3 Å². The summed E-state index contributed by atoms with van der Waals surface area (Å²) < 4.78 is 0. The van der Waals surface area contributed by atoms with Gasteiger partial charge in [0.25, 0.3) is 0 Å². The average Bonchev–Trinajstić information content (AvgIpc) is 2.77. The molecular formula is C11H17N3O. The van der Waals surface area contributed by atoms with Crippen LogP contribution in [0.3, 0.4) is 0 Å². The van der Waals surface area contributed by atoms with Gasteiger partial charge in [0, 0.05) is 18.9 Å². The van der Waals surface area contributed by atoms with Gasteiger partial charge in [-0.3, -0.25) is 0 Å². The van der Waals surface area contributed by atoms with E-state index >= 15 is 0 Å². The van der Waals surface area contributed by atoms with Crippen LogP contribution in [0.25, 0.3) is 0 Å². The van der Waals surface area contributed by atoms with Crippen LogP contribution < -0.4 is 4.90 Å². The van der Waals surface area contributed by atoms with E-state index in [2.05, 4.69) is 21.8 Å². The fourth-order valence-corrected chi connectivity index (χ4v) is 1.97. The third-order valence-electron chi connectivity index (χ3n) is 2.94.